The molecule has 0 fully saturated rings. The first-order valence-electron chi connectivity index (χ1n) is 17.0. The molecular formula is C44H39N3O2Pt. The van der Waals surface area contributed by atoms with Gasteiger partial charge in [0, 0.05) is 35.4 Å². The molecule has 0 unspecified atom stereocenters. The van der Waals surface area contributed by atoms with Gasteiger partial charge in [0.05, 0.1) is 17.2 Å². The third-order valence-electron chi connectivity index (χ3n) is 9.48. The van der Waals surface area contributed by atoms with Gasteiger partial charge in [-0.2, -0.15) is 0 Å². The van der Waals surface area contributed by atoms with Crippen LogP contribution in [-0.2, 0) is 26.5 Å². The second-order valence-electron chi connectivity index (χ2n) is 14.5. The molecule has 0 amide bonds. The number of nitrogens with zero attached hydrogens (tertiary/aromatic N) is 3. The van der Waals surface area contributed by atoms with E-state index in [1.807, 2.05) is 48.9 Å². The van der Waals surface area contributed by atoms with Gasteiger partial charge in [0.2, 0.25) is 0 Å². The summed E-state index contributed by atoms with van der Waals surface area (Å²) in [6.07, 6.45) is 5.78. The average Bonchev–Trinajstić information content (AvgIpc) is 3.73. The summed E-state index contributed by atoms with van der Waals surface area (Å²) in [6, 6.07) is 34.3. The molecular weight excluding hydrogens is 798 g/mol. The molecule has 6 heteroatoms. The van der Waals surface area contributed by atoms with Crippen LogP contribution in [0.25, 0.3) is 61.0 Å². The minimum absolute atomic E-state index is 0. The maximum atomic E-state index is 6.76. The monoisotopic (exact) mass is 836 g/mol. The molecule has 3 heterocycles. The summed E-state index contributed by atoms with van der Waals surface area (Å²) in [4.78, 5) is 9.64. The Morgan fingerprint density at radius 1 is 0.780 bits per heavy atom. The van der Waals surface area contributed by atoms with E-state index < -0.39 is 0 Å². The van der Waals surface area contributed by atoms with Crippen LogP contribution in [0.5, 0.6) is 11.5 Å². The van der Waals surface area contributed by atoms with Crippen LogP contribution in [0.15, 0.2) is 102 Å². The van der Waals surface area contributed by atoms with Gasteiger partial charge in [-0.15, -0.1) is 23.8 Å². The molecule has 0 bridgehead atoms. The fourth-order valence-electron chi connectivity index (χ4n) is 6.95. The van der Waals surface area contributed by atoms with Crippen LogP contribution >= 0.6 is 0 Å². The summed E-state index contributed by atoms with van der Waals surface area (Å²) >= 11 is 0. The summed E-state index contributed by atoms with van der Waals surface area (Å²) in [6.45, 7) is 15.6. The van der Waals surface area contributed by atoms with Crippen molar-refractivity contribution in [2.75, 3.05) is 0 Å². The summed E-state index contributed by atoms with van der Waals surface area (Å²) in [7, 11) is 0. The van der Waals surface area contributed by atoms with Crippen molar-refractivity contribution in [1.82, 2.24) is 14.5 Å². The van der Waals surface area contributed by atoms with Crippen LogP contribution < -0.4 is 4.74 Å². The van der Waals surface area contributed by atoms with Gasteiger partial charge in [0.1, 0.15) is 5.58 Å². The topological polar surface area (TPSA) is 53.1 Å². The Hall–Kier alpha value is -4.73. The van der Waals surface area contributed by atoms with E-state index in [4.69, 9.17) is 19.1 Å². The molecule has 0 saturated heterocycles. The summed E-state index contributed by atoms with van der Waals surface area (Å²) in [5.74, 6) is 2.70. The second-order valence-corrected chi connectivity index (χ2v) is 14.5. The Bertz CT molecular complexity index is 2450. The van der Waals surface area contributed by atoms with Gasteiger partial charge in [0.25, 0.3) is 0 Å². The first kappa shape index (κ1) is 33.8. The van der Waals surface area contributed by atoms with E-state index in [-0.39, 0.29) is 26.5 Å². The smallest absolute Gasteiger partial charge is 0.501 e. The number of para-hydroxylation sites is 1. The number of imidazole rings is 1. The van der Waals surface area contributed by atoms with Crippen LogP contribution in [0.1, 0.15) is 77.0 Å². The minimum Gasteiger partial charge on any atom is -0.501 e. The fourth-order valence-corrected chi connectivity index (χ4v) is 6.95. The van der Waals surface area contributed by atoms with Crippen molar-refractivity contribution in [3.05, 3.63) is 126 Å². The second kappa shape index (κ2) is 12.9. The van der Waals surface area contributed by atoms with Crippen molar-refractivity contribution in [3.63, 3.8) is 0 Å². The molecule has 0 aliphatic rings. The number of benzene rings is 5. The van der Waals surface area contributed by atoms with Gasteiger partial charge in [-0.25, -0.2) is 0 Å². The Morgan fingerprint density at radius 3 is 2.26 bits per heavy atom. The van der Waals surface area contributed by atoms with Crippen LogP contribution in [0.2, 0.25) is 0 Å². The number of aromatic nitrogens is 3. The Morgan fingerprint density at radius 2 is 1.52 bits per heavy atom. The normalized spacial score (nSPS) is 12.1. The summed E-state index contributed by atoms with van der Waals surface area (Å²) < 4.78 is 15.5. The van der Waals surface area contributed by atoms with Crippen molar-refractivity contribution < 1.29 is 30.2 Å². The Kier molecular flexibility index (Phi) is 8.68. The zero-order valence-corrected chi connectivity index (χ0v) is 31.6. The van der Waals surface area contributed by atoms with Gasteiger partial charge in [0.15, 0.2) is 0 Å². The van der Waals surface area contributed by atoms with E-state index in [2.05, 4.69) is 114 Å². The largest absolute Gasteiger partial charge is 2.00 e. The number of furan rings is 1. The van der Waals surface area contributed by atoms with E-state index in [0.717, 1.165) is 55.4 Å². The molecule has 5 aromatic carbocycles. The van der Waals surface area contributed by atoms with Gasteiger partial charge in [-0.1, -0.05) is 120 Å². The van der Waals surface area contributed by atoms with E-state index in [9.17, 15) is 0 Å². The van der Waals surface area contributed by atoms with Crippen LogP contribution in [-0.4, -0.2) is 14.5 Å². The third-order valence-corrected chi connectivity index (χ3v) is 9.48. The fraction of sp³-hybridized carbons (Fsp3) is 0.227. The van der Waals surface area contributed by atoms with Crippen LogP contribution in [0.3, 0.4) is 0 Å². The molecule has 8 aromatic rings. The van der Waals surface area contributed by atoms with E-state index in [0.29, 0.717) is 23.3 Å². The van der Waals surface area contributed by atoms with Crippen molar-refractivity contribution in [1.29, 1.82) is 0 Å². The summed E-state index contributed by atoms with van der Waals surface area (Å²) in [5, 5.41) is 4.13. The molecule has 0 N–H and O–H groups in total. The molecule has 0 aliphatic heterocycles. The van der Waals surface area contributed by atoms with Crippen molar-refractivity contribution in [2.24, 2.45) is 0 Å². The first-order chi connectivity index (χ1) is 23.6. The standard InChI is InChI=1S/C44H39N3O2.Pt/c1-26(2)32-14-10-15-33(27(3)4)41(32)47-22-21-46-43(47)29-12-8-13-31(23-29)48-38-25-35(36-24-30(19-20-45-36)44(5,6)7)42-40-34(38)18-17-28-11-9-16-37(49-42)39(28)40;/h8-22,24,26-27H,1-7H3;/q-2;+2. The first-order valence-corrected chi connectivity index (χ1v) is 17.0. The van der Waals surface area contributed by atoms with E-state index >= 15 is 0 Å². The molecule has 5 nitrogen and oxygen atoms in total. The van der Waals surface area contributed by atoms with E-state index in [1.165, 1.54) is 22.4 Å². The molecule has 3 aromatic heterocycles. The molecule has 252 valence electrons. The Labute approximate surface area is 307 Å². The zero-order chi connectivity index (χ0) is 34.0. The number of ether oxygens (including phenoxy) is 1. The number of hydrogen-bond acceptors (Lipinski definition) is 4. The molecule has 0 aliphatic carbocycles. The zero-order valence-electron chi connectivity index (χ0n) is 29.4. The number of hydrogen-bond donors (Lipinski definition) is 0. The maximum Gasteiger partial charge on any atom is 2.00 e. The third kappa shape index (κ3) is 5.72. The van der Waals surface area contributed by atoms with Gasteiger partial charge in [-0.05, 0) is 62.5 Å². The van der Waals surface area contributed by atoms with Crippen molar-refractivity contribution in [2.45, 2.75) is 65.7 Å². The van der Waals surface area contributed by atoms with Gasteiger partial charge >= 0.3 is 21.1 Å². The minimum atomic E-state index is -0.0436. The maximum absolute atomic E-state index is 6.76. The summed E-state index contributed by atoms with van der Waals surface area (Å²) in [5.41, 5.74) is 8.91. The molecule has 0 atom stereocenters. The molecule has 50 heavy (non-hydrogen) atoms. The molecule has 0 radical (unpaired) electrons. The van der Waals surface area contributed by atoms with Crippen molar-refractivity contribution >= 4 is 32.7 Å². The average molecular weight is 837 g/mol. The quantitative estimate of drug-likeness (QED) is 0.119. The predicted molar refractivity (Wildman–Crippen MR) is 199 cm³/mol. The molecule has 0 spiro atoms. The number of pyridine rings is 1. The van der Waals surface area contributed by atoms with E-state index in [1.54, 1.807) is 0 Å². The predicted octanol–water partition coefficient (Wildman–Crippen LogP) is 12.0. The van der Waals surface area contributed by atoms with Gasteiger partial charge in [-0.3, -0.25) is 4.98 Å². The van der Waals surface area contributed by atoms with Crippen LogP contribution in [0, 0.1) is 12.1 Å². The molecule has 0 saturated carbocycles. The van der Waals surface area contributed by atoms with Gasteiger partial charge < -0.3 is 18.7 Å². The molecule has 8 rings (SSSR count). The Balaban J connectivity index is 0.00000392. The van der Waals surface area contributed by atoms with Crippen LogP contribution in [0.4, 0.5) is 0 Å². The number of rotatable bonds is 7. The van der Waals surface area contributed by atoms with Crippen molar-refractivity contribution in [3.8, 4) is 39.8 Å². The SMILES string of the molecule is CC(C)c1cccc(C(C)C)c1-n1ccnc1-c1[c-]c(Oc2[c-]c(-c3cc(C(C)(C)C)ccn3)c3oc4cccc5ccc2c3c54)ccc1.[Pt+2].